The van der Waals surface area contributed by atoms with Crippen LogP contribution in [-0.2, 0) is 0 Å². The second-order valence-corrected chi connectivity index (χ2v) is 3.33. The minimum Gasteiger partial charge on any atom is -0.478 e. The number of ether oxygens (including phenoxy) is 1. The van der Waals surface area contributed by atoms with Gasteiger partial charge in [0.15, 0.2) is 0 Å². The van der Waals surface area contributed by atoms with Gasteiger partial charge in [0, 0.05) is 6.07 Å². The van der Waals surface area contributed by atoms with E-state index in [-0.39, 0.29) is 0 Å². The largest absolute Gasteiger partial charge is 0.478 e. The van der Waals surface area contributed by atoms with Crippen molar-refractivity contribution in [1.82, 2.24) is 4.98 Å². The molecule has 0 fully saturated rings. The van der Waals surface area contributed by atoms with Crippen molar-refractivity contribution in [3.05, 3.63) is 24.1 Å². The van der Waals surface area contributed by atoms with Gasteiger partial charge in [-0.3, -0.25) is 0 Å². The average molecular weight is 183 g/mol. The highest BCUT2D eigenvalue weighted by Gasteiger charge is 1.98. The molecule has 0 saturated heterocycles. The van der Waals surface area contributed by atoms with Crippen LogP contribution in [0.25, 0.3) is 0 Å². The summed E-state index contributed by atoms with van der Waals surface area (Å²) in [4.78, 5) is 3.58. The van der Waals surface area contributed by atoms with E-state index in [1.54, 1.807) is 12.1 Å². The molecule has 72 valence electrons. The number of nitrogens with zero attached hydrogens (tertiary/aromatic N) is 1. The lowest BCUT2D eigenvalue weighted by Gasteiger charge is -2.06. The highest BCUT2D eigenvalue weighted by molar-refractivity contribution is 5.10. The molecule has 0 amide bonds. The first-order chi connectivity index (χ1) is 6.18. The van der Waals surface area contributed by atoms with E-state index < -0.39 is 5.95 Å². The summed E-state index contributed by atoms with van der Waals surface area (Å²) in [5.74, 6) is 0.455. The van der Waals surface area contributed by atoms with Gasteiger partial charge < -0.3 is 4.74 Å². The van der Waals surface area contributed by atoms with E-state index in [1.807, 2.05) is 0 Å². The second kappa shape index (κ2) is 4.80. The van der Waals surface area contributed by atoms with Crippen LogP contribution in [0.15, 0.2) is 18.2 Å². The maximum atomic E-state index is 12.6. The van der Waals surface area contributed by atoms with Crippen molar-refractivity contribution in [2.75, 3.05) is 6.61 Å². The molecule has 13 heavy (non-hydrogen) atoms. The predicted octanol–water partition coefficient (Wildman–Crippen LogP) is 2.65. The summed E-state index contributed by atoms with van der Waals surface area (Å²) in [5, 5.41) is 0. The van der Waals surface area contributed by atoms with Crippen molar-refractivity contribution in [1.29, 1.82) is 0 Å². The first kappa shape index (κ1) is 9.96. The van der Waals surface area contributed by atoms with E-state index >= 15 is 0 Å². The summed E-state index contributed by atoms with van der Waals surface area (Å²) in [5.41, 5.74) is 0. The zero-order chi connectivity index (χ0) is 9.68. The zero-order valence-electron chi connectivity index (χ0n) is 7.96. The Labute approximate surface area is 77.8 Å². The minimum absolute atomic E-state index is 0.362. The topological polar surface area (TPSA) is 22.1 Å². The predicted molar refractivity (Wildman–Crippen MR) is 49.1 cm³/mol. The molecule has 1 aromatic rings. The maximum Gasteiger partial charge on any atom is 0.216 e. The van der Waals surface area contributed by atoms with Crippen LogP contribution in [0.3, 0.4) is 0 Å². The number of hydrogen-bond acceptors (Lipinski definition) is 2. The Bertz CT molecular complexity index is 263. The van der Waals surface area contributed by atoms with Crippen LogP contribution in [0.1, 0.15) is 20.3 Å². The fourth-order valence-electron chi connectivity index (χ4n) is 0.869. The van der Waals surface area contributed by atoms with Gasteiger partial charge in [-0.05, 0) is 18.4 Å². The summed E-state index contributed by atoms with van der Waals surface area (Å²) in [7, 11) is 0. The maximum absolute atomic E-state index is 12.6. The lowest BCUT2D eigenvalue weighted by Crippen LogP contribution is -2.02. The van der Waals surface area contributed by atoms with E-state index in [2.05, 4.69) is 18.8 Å². The molecule has 0 N–H and O–H groups in total. The highest BCUT2D eigenvalue weighted by atomic mass is 19.1. The quantitative estimate of drug-likeness (QED) is 0.669. The van der Waals surface area contributed by atoms with Crippen molar-refractivity contribution < 1.29 is 9.13 Å². The molecule has 3 heteroatoms. The Morgan fingerprint density at radius 3 is 2.85 bits per heavy atom. The summed E-state index contributed by atoms with van der Waals surface area (Å²) in [6, 6.07) is 4.55. The molecule has 1 rings (SSSR count). The van der Waals surface area contributed by atoms with Crippen molar-refractivity contribution in [2.24, 2.45) is 5.92 Å². The van der Waals surface area contributed by atoms with Crippen molar-refractivity contribution in [3.8, 4) is 5.88 Å². The van der Waals surface area contributed by atoms with Crippen LogP contribution in [0, 0.1) is 11.9 Å². The van der Waals surface area contributed by atoms with Gasteiger partial charge in [-0.2, -0.15) is 9.37 Å². The van der Waals surface area contributed by atoms with Gasteiger partial charge in [-0.25, -0.2) is 0 Å². The molecule has 0 aromatic carbocycles. The molecule has 0 unspecified atom stereocenters. The van der Waals surface area contributed by atoms with E-state index in [0.29, 0.717) is 18.4 Å². The molecule has 1 aromatic heterocycles. The third-order valence-corrected chi connectivity index (χ3v) is 1.63. The number of halogens is 1. The van der Waals surface area contributed by atoms with E-state index in [9.17, 15) is 4.39 Å². The van der Waals surface area contributed by atoms with E-state index in [4.69, 9.17) is 4.74 Å². The number of pyridine rings is 1. The highest BCUT2D eigenvalue weighted by Crippen LogP contribution is 2.08. The molecular weight excluding hydrogens is 169 g/mol. The lowest BCUT2D eigenvalue weighted by atomic mass is 10.1. The molecule has 0 aliphatic heterocycles. The van der Waals surface area contributed by atoms with Crippen molar-refractivity contribution in [3.63, 3.8) is 0 Å². The molecule has 0 atom stereocenters. The number of rotatable bonds is 4. The third-order valence-electron chi connectivity index (χ3n) is 1.63. The minimum atomic E-state index is -0.498. The van der Waals surface area contributed by atoms with Gasteiger partial charge in [0.05, 0.1) is 6.61 Å². The molecule has 0 bridgehead atoms. The zero-order valence-corrected chi connectivity index (χ0v) is 7.96. The van der Waals surface area contributed by atoms with Crippen LogP contribution in [0.4, 0.5) is 4.39 Å². The summed E-state index contributed by atoms with van der Waals surface area (Å²) < 4.78 is 17.8. The summed E-state index contributed by atoms with van der Waals surface area (Å²) in [6.45, 7) is 4.82. The van der Waals surface area contributed by atoms with Crippen molar-refractivity contribution in [2.45, 2.75) is 20.3 Å². The molecule has 0 radical (unpaired) electrons. The number of aromatic nitrogens is 1. The average Bonchev–Trinajstić information content (AvgIpc) is 2.03. The first-order valence-corrected chi connectivity index (χ1v) is 4.44. The van der Waals surface area contributed by atoms with Gasteiger partial charge in [0.2, 0.25) is 11.8 Å². The van der Waals surface area contributed by atoms with Gasteiger partial charge >= 0.3 is 0 Å². The lowest BCUT2D eigenvalue weighted by molar-refractivity contribution is 0.275. The fraction of sp³-hybridized carbons (Fsp3) is 0.500. The first-order valence-electron chi connectivity index (χ1n) is 4.44. The second-order valence-electron chi connectivity index (χ2n) is 3.33. The van der Waals surface area contributed by atoms with Crippen LogP contribution in [-0.4, -0.2) is 11.6 Å². The molecule has 2 nitrogen and oxygen atoms in total. The SMILES string of the molecule is CC(C)CCOc1cccc(F)n1. The fourth-order valence-corrected chi connectivity index (χ4v) is 0.869. The monoisotopic (exact) mass is 183 g/mol. The summed E-state index contributed by atoms with van der Waals surface area (Å²) >= 11 is 0. The Morgan fingerprint density at radius 1 is 1.46 bits per heavy atom. The molecule has 0 saturated carbocycles. The standard InChI is InChI=1S/C10H14FNO/c1-8(2)6-7-13-10-5-3-4-9(11)12-10/h3-5,8H,6-7H2,1-2H3. The van der Waals surface area contributed by atoms with Gasteiger partial charge in [0.25, 0.3) is 0 Å². The Balaban J connectivity index is 2.37. The third kappa shape index (κ3) is 3.87. The Morgan fingerprint density at radius 2 is 2.23 bits per heavy atom. The molecule has 0 aliphatic rings. The molecular formula is C10H14FNO. The Kier molecular flexibility index (Phi) is 3.68. The van der Waals surface area contributed by atoms with E-state index in [0.717, 1.165) is 6.42 Å². The van der Waals surface area contributed by atoms with Crippen LogP contribution < -0.4 is 4.74 Å². The van der Waals surface area contributed by atoms with Gasteiger partial charge in [-0.1, -0.05) is 19.9 Å². The van der Waals surface area contributed by atoms with E-state index in [1.165, 1.54) is 6.07 Å². The smallest absolute Gasteiger partial charge is 0.216 e. The molecule has 0 aliphatic carbocycles. The molecule has 1 heterocycles. The van der Waals surface area contributed by atoms with Gasteiger partial charge in [-0.15, -0.1) is 0 Å². The van der Waals surface area contributed by atoms with Crippen LogP contribution in [0.5, 0.6) is 5.88 Å². The molecule has 0 spiro atoms. The summed E-state index contributed by atoms with van der Waals surface area (Å²) in [6.07, 6.45) is 0.957. The van der Waals surface area contributed by atoms with Crippen LogP contribution in [0.2, 0.25) is 0 Å². The van der Waals surface area contributed by atoms with Crippen LogP contribution >= 0.6 is 0 Å². The Hall–Kier alpha value is -1.12. The normalized spacial score (nSPS) is 10.5. The number of hydrogen-bond donors (Lipinski definition) is 0. The van der Waals surface area contributed by atoms with Crippen molar-refractivity contribution >= 4 is 0 Å². The van der Waals surface area contributed by atoms with Gasteiger partial charge in [0.1, 0.15) is 0 Å².